The Morgan fingerprint density at radius 1 is 1.64 bits per heavy atom. The van der Waals surface area contributed by atoms with Crippen LogP contribution in [0.5, 0.6) is 0 Å². The molecule has 1 aromatic heterocycles. The highest BCUT2D eigenvalue weighted by atomic mass is 32.1. The molecule has 2 rings (SSSR count). The second-order valence-electron chi connectivity index (χ2n) is 3.80. The molecule has 0 radical (unpaired) electrons. The summed E-state index contributed by atoms with van der Waals surface area (Å²) in [6, 6.07) is 0.312. The van der Waals surface area contributed by atoms with Gasteiger partial charge in [-0.3, -0.25) is 0 Å². The van der Waals surface area contributed by atoms with Gasteiger partial charge in [-0.15, -0.1) is 11.3 Å². The molecule has 2 N–H and O–H groups in total. The zero-order valence-corrected chi connectivity index (χ0v) is 9.22. The lowest BCUT2D eigenvalue weighted by Crippen LogP contribution is -2.22. The monoisotopic (exact) mass is 212 g/mol. The van der Waals surface area contributed by atoms with E-state index < -0.39 is 0 Å². The molecular formula is C10H16N2OS. The van der Waals surface area contributed by atoms with Crippen molar-refractivity contribution in [1.29, 1.82) is 0 Å². The Hall–Kier alpha value is -0.450. The maximum atomic E-state index is 6.03. The standard InChI is InChI=1S/C10H16N2OS/c1-13-5-10-12-9(6-14-10)7-3-2-4-8(7)11/h6-8H,2-5,11H2,1H3. The van der Waals surface area contributed by atoms with Gasteiger partial charge in [-0.25, -0.2) is 4.98 Å². The predicted molar refractivity (Wildman–Crippen MR) is 57.4 cm³/mol. The molecule has 0 saturated heterocycles. The second kappa shape index (κ2) is 4.38. The molecule has 1 saturated carbocycles. The van der Waals surface area contributed by atoms with Crippen LogP contribution in [-0.4, -0.2) is 18.1 Å². The minimum Gasteiger partial charge on any atom is -0.378 e. The molecule has 0 spiro atoms. The number of hydrogen-bond donors (Lipinski definition) is 1. The average molecular weight is 212 g/mol. The molecule has 1 fully saturated rings. The zero-order valence-electron chi connectivity index (χ0n) is 8.40. The van der Waals surface area contributed by atoms with Crippen molar-refractivity contribution in [3.63, 3.8) is 0 Å². The molecular weight excluding hydrogens is 196 g/mol. The van der Waals surface area contributed by atoms with E-state index in [-0.39, 0.29) is 0 Å². The van der Waals surface area contributed by atoms with Crippen molar-refractivity contribution >= 4 is 11.3 Å². The van der Waals surface area contributed by atoms with Crippen molar-refractivity contribution in [1.82, 2.24) is 4.98 Å². The number of aromatic nitrogens is 1. The largest absolute Gasteiger partial charge is 0.378 e. The van der Waals surface area contributed by atoms with Gasteiger partial charge in [-0.2, -0.15) is 0 Å². The summed E-state index contributed by atoms with van der Waals surface area (Å²) in [6.07, 6.45) is 3.57. The van der Waals surface area contributed by atoms with E-state index in [1.807, 2.05) is 0 Å². The lowest BCUT2D eigenvalue weighted by molar-refractivity contribution is 0.184. The van der Waals surface area contributed by atoms with E-state index in [1.165, 1.54) is 18.5 Å². The number of nitrogens with zero attached hydrogens (tertiary/aromatic N) is 1. The van der Waals surface area contributed by atoms with E-state index in [2.05, 4.69) is 10.4 Å². The fourth-order valence-electron chi connectivity index (χ4n) is 2.04. The number of rotatable bonds is 3. The first-order valence-electron chi connectivity index (χ1n) is 5.00. The zero-order chi connectivity index (χ0) is 9.97. The number of hydrogen-bond acceptors (Lipinski definition) is 4. The van der Waals surface area contributed by atoms with Crippen molar-refractivity contribution in [2.45, 2.75) is 37.8 Å². The van der Waals surface area contributed by atoms with Crippen LogP contribution < -0.4 is 5.73 Å². The van der Waals surface area contributed by atoms with Gasteiger partial charge >= 0.3 is 0 Å². The van der Waals surface area contributed by atoms with E-state index in [4.69, 9.17) is 10.5 Å². The summed E-state index contributed by atoms with van der Waals surface area (Å²) in [5.74, 6) is 0.483. The van der Waals surface area contributed by atoms with Crippen LogP contribution in [0.1, 0.15) is 35.9 Å². The third-order valence-corrected chi connectivity index (χ3v) is 3.63. The van der Waals surface area contributed by atoms with Crippen molar-refractivity contribution < 1.29 is 4.74 Å². The summed E-state index contributed by atoms with van der Waals surface area (Å²) in [6.45, 7) is 0.618. The highest BCUT2D eigenvalue weighted by Crippen LogP contribution is 2.33. The SMILES string of the molecule is COCc1nc(C2CCCC2N)cs1. The third-order valence-electron chi connectivity index (χ3n) is 2.79. The molecule has 0 aromatic carbocycles. The Kier molecular flexibility index (Phi) is 3.15. The van der Waals surface area contributed by atoms with Gasteiger partial charge in [0.25, 0.3) is 0 Å². The topological polar surface area (TPSA) is 48.1 Å². The molecule has 1 aliphatic carbocycles. The number of ether oxygens (including phenoxy) is 1. The number of methoxy groups -OCH3 is 1. The first-order chi connectivity index (χ1) is 6.81. The first-order valence-corrected chi connectivity index (χ1v) is 5.88. The molecule has 1 aliphatic rings. The molecule has 1 heterocycles. The van der Waals surface area contributed by atoms with E-state index in [0.717, 1.165) is 11.4 Å². The van der Waals surface area contributed by atoms with E-state index >= 15 is 0 Å². The Morgan fingerprint density at radius 2 is 2.50 bits per heavy atom. The first kappa shape index (κ1) is 10.1. The number of thiazole rings is 1. The van der Waals surface area contributed by atoms with Crippen LogP contribution in [-0.2, 0) is 11.3 Å². The van der Waals surface area contributed by atoms with Crippen LogP contribution in [0.2, 0.25) is 0 Å². The predicted octanol–water partition coefficient (Wildman–Crippen LogP) is 1.88. The van der Waals surface area contributed by atoms with Gasteiger partial charge < -0.3 is 10.5 Å². The van der Waals surface area contributed by atoms with Crippen molar-refractivity contribution in [3.05, 3.63) is 16.1 Å². The quantitative estimate of drug-likeness (QED) is 0.832. The molecule has 3 nitrogen and oxygen atoms in total. The fourth-order valence-corrected chi connectivity index (χ4v) is 2.87. The van der Waals surface area contributed by atoms with E-state index in [0.29, 0.717) is 18.6 Å². The minimum absolute atomic E-state index is 0.312. The molecule has 2 unspecified atom stereocenters. The Morgan fingerprint density at radius 3 is 3.14 bits per heavy atom. The normalized spacial score (nSPS) is 27.0. The Bertz CT molecular complexity index is 300. The highest BCUT2D eigenvalue weighted by Gasteiger charge is 2.27. The van der Waals surface area contributed by atoms with Crippen LogP contribution in [0.4, 0.5) is 0 Å². The Balaban J connectivity index is 2.08. The van der Waals surface area contributed by atoms with Gasteiger partial charge in [-0.05, 0) is 12.8 Å². The molecule has 78 valence electrons. The summed E-state index contributed by atoms with van der Waals surface area (Å²) in [4.78, 5) is 4.55. The molecule has 1 aromatic rings. The third kappa shape index (κ3) is 1.97. The molecule has 0 aliphatic heterocycles. The smallest absolute Gasteiger partial charge is 0.119 e. The van der Waals surface area contributed by atoms with Crippen LogP contribution in [0.25, 0.3) is 0 Å². The maximum absolute atomic E-state index is 6.03. The van der Waals surface area contributed by atoms with Crippen molar-refractivity contribution in [2.75, 3.05) is 7.11 Å². The number of nitrogens with two attached hydrogens (primary N) is 1. The van der Waals surface area contributed by atoms with Gasteiger partial charge in [-0.1, -0.05) is 6.42 Å². The van der Waals surface area contributed by atoms with Crippen LogP contribution in [0, 0.1) is 0 Å². The molecule has 2 atom stereocenters. The van der Waals surface area contributed by atoms with Crippen LogP contribution >= 0.6 is 11.3 Å². The van der Waals surface area contributed by atoms with Crippen molar-refractivity contribution in [3.8, 4) is 0 Å². The Labute approximate surface area is 88.3 Å². The molecule has 0 amide bonds. The van der Waals surface area contributed by atoms with Gasteiger partial charge in [0.05, 0.1) is 12.3 Å². The fraction of sp³-hybridized carbons (Fsp3) is 0.700. The lowest BCUT2D eigenvalue weighted by Gasteiger charge is -2.11. The van der Waals surface area contributed by atoms with Gasteiger partial charge in [0, 0.05) is 24.4 Å². The minimum atomic E-state index is 0.312. The second-order valence-corrected chi connectivity index (χ2v) is 4.74. The lowest BCUT2D eigenvalue weighted by atomic mass is 10.0. The summed E-state index contributed by atoms with van der Waals surface area (Å²) in [5, 5.41) is 3.19. The molecule has 14 heavy (non-hydrogen) atoms. The van der Waals surface area contributed by atoms with Gasteiger partial charge in [0.15, 0.2) is 0 Å². The van der Waals surface area contributed by atoms with Crippen LogP contribution in [0.3, 0.4) is 0 Å². The van der Waals surface area contributed by atoms with Gasteiger partial charge in [0.1, 0.15) is 5.01 Å². The maximum Gasteiger partial charge on any atom is 0.119 e. The van der Waals surface area contributed by atoms with Crippen molar-refractivity contribution in [2.24, 2.45) is 5.73 Å². The van der Waals surface area contributed by atoms with E-state index in [1.54, 1.807) is 18.4 Å². The summed E-state index contributed by atoms with van der Waals surface area (Å²) in [7, 11) is 1.70. The summed E-state index contributed by atoms with van der Waals surface area (Å²) < 4.78 is 5.05. The molecule has 4 heteroatoms. The highest BCUT2D eigenvalue weighted by molar-refractivity contribution is 7.09. The van der Waals surface area contributed by atoms with Gasteiger partial charge in [0.2, 0.25) is 0 Å². The molecule has 0 bridgehead atoms. The van der Waals surface area contributed by atoms with E-state index in [9.17, 15) is 0 Å². The summed E-state index contributed by atoms with van der Waals surface area (Å²) >= 11 is 1.67. The average Bonchev–Trinajstić information content (AvgIpc) is 2.74. The summed E-state index contributed by atoms with van der Waals surface area (Å²) in [5.41, 5.74) is 7.20. The van der Waals surface area contributed by atoms with Crippen LogP contribution in [0.15, 0.2) is 5.38 Å².